The number of carbonyl (C=O) groups is 1. The first kappa shape index (κ1) is 19.6. The monoisotopic (exact) mass is 356 g/mol. The molecule has 2 amide bonds. The Labute approximate surface area is 155 Å². The highest BCUT2D eigenvalue weighted by Gasteiger charge is 2.16. The van der Waals surface area contributed by atoms with Crippen molar-refractivity contribution in [3.05, 3.63) is 59.7 Å². The SMILES string of the molecule is CC[C@H](NC(=O)N[C@H](CC)c1ccc(OC)cc1)c1ccc(OC)cc1. The minimum absolute atomic E-state index is 0.0470. The molecule has 2 N–H and O–H groups in total. The minimum atomic E-state index is -0.171. The molecule has 140 valence electrons. The van der Waals surface area contributed by atoms with Crippen LogP contribution in [0.25, 0.3) is 0 Å². The van der Waals surface area contributed by atoms with Gasteiger partial charge in [-0.3, -0.25) is 0 Å². The van der Waals surface area contributed by atoms with Gasteiger partial charge in [0.15, 0.2) is 0 Å². The van der Waals surface area contributed by atoms with Crippen molar-refractivity contribution in [2.75, 3.05) is 14.2 Å². The van der Waals surface area contributed by atoms with Gasteiger partial charge in [-0.25, -0.2) is 4.79 Å². The van der Waals surface area contributed by atoms with Gasteiger partial charge in [0.05, 0.1) is 26.3 Å². The first-order chi connectivity index (χ1) is 12.6. The number of carbonyl (C=O) groups excluding carboxylic acids is 1. The second-order valence-electron chi connectivity index (χ2n) is 6.09. The third kappa shape index (κ3) is 5.15. The van der Waals surface area contributed by atoms with Gasteiger partial charge in [0.25, 0.3) is 0 Å². The van der Waals surface area contributed by atoms with Crippen molar-refractivity contribution >= 4 is 6.03 Å². The van der Waals surface area contributed by atoms with E-state index in [2.05, 4.69) is 24.5 Å². The molecule has 5 nitrogen and oxygen atoms in total. The zero-order valence-electron chi connectivity index (χ0n) is 15.9. The summed E-state index contributed by atoms with van der Waals surface area (Å²) in [6.07, 6.45) is 1.61. The molecule has 2 aromatic rings. The van der Waals surface area contributed by atoms with Gasteiger partial charge in [-0.1, -0.05) is 38.1 Å². The van der Waals surface area contributed by atoms with E-state index in [4.69, 9.17) is 9.47 Å². The highest BCUT2D eigenvalue weighted by Crippen LogP contribution is 2.22. The van der Waals surface area contributed by atoms with Crippen LogP contribution in [0.5, 0.6) is 11.5 Å². The molecule has 0 saturated carbocycles. The minimum Gasteiger partial charge on any atom is -0.497 e. The maximum atomic E-state index is 12.5. The van der Waals surface area contributed by atoms with E-state index in [1.807, 2.05) is 48.5 Å². The van der Waals surface area contributed by atoms with Gasteiger partial charge in [-0.2, -0.15) is 0 Å². The van der Waals surface area contributed by atoms with Gasteiger partial charge < -0.3 is 20.1 Å². The number of hydrogen-bond acceptors (Lipinski definition) is 3. The number of urea groups is 1. The largest absolute Gasteiger partial charge is 0.497 e. The lowest BCUT2D eigenvalue weighted by Crippen LogP contribution is -2.39. The van der Waals surface area contributed by atoms with E-state index in [0.29, 0.717) is 0 Å². The lowest BCUT2D eigenvalue weighted by molar-refractivity contribution is 0.232. The first-order valence-corrected chi connectivity index (χ1v) is 8.96. The summed E-state index contributed by atoms with van der Waals surface area (Å²) >= 11 is 0. The molecule has 0 aliphatic rings. The Morgan fingerprint density at radius 3 is 1.38 bits per heavy atom. The molecule has 2 rings (SSSR count). The van der Waals surface area contributed by atoms with E-state index in [-0.39, 0.29) is 18.1 Å². The quantitative estimate of drug-likeness (QED) is 0.726. The zero-order chi connectivity index (χ0) is 18.9. The highest BCUT2D eigenvalue weighted by molar-refractivity contribution is 5.75. The fraction of sp³-hybridized carbons (Fsp3) is 0.381. The lowest BCUT2D eigenvalue weighted by atomic mass is 10.0. The average molecular weight is 356 g/mol. The zero-order valence-corrected chi connectivity index (χ0v) is 15.9. The van der Waals surface area contributed by atoms with Crippen LogP contribution in [0.1, 0.15) is 49.9 Å². The molecule has 2 aromatic carbocycles. The summed E-state index contributed by atoms with van der Waals surface area (Å²) in [6, 6.07) is 15.3. The smallest absolute Gasteiger partial charge is 0.315 e. The van der Waals surface area contributed by atoms with Crippen molar-refractivity contribution in [2.45, 2.75) is 38.8 Å². The molecule has 2 atom stereocenters. The van der Waals surface area contributed by atoms with Crippen LogP contribution in [-0.2, 0) is 0 Å². The van der Waals surface area contributed by atoms with Crippen molar-refractivity contribution in [2.24, 2.45) is 0 Å². The first-order valence-electron chi connectivity index (χ1n) is 8.96. The highest BCUT2D eigenvalue weighted by atomic mass is 16.5. The molecule has 0 fully saturated rings. The van der Waals surface area contributed by atoms with Crippen LogP contribution in [0.15, 0.2) is 48.5 Å². The molecule has 0 aromatic heterocycles. The maximum absolute atomic E-state index is 12.5. The number of nitrogens with one attached hydrogen (secondary N) is 2. The summed E-state index contributed by atoms with van der Waals surface area (Å²) in [5, 5.41) is 6.12. The summed E-state index contributed by atoms with van der Waals surface area (Å²) in [4.78, 5) is 12.5. The fourth-order valence-corrected chi connectivity index (χ4v) is 2.87. The Morgan fingerprint density at radius 2 is 1.12 bits per heavy atom. The Bertz CT molecular complexity index is 624. The van der Waals surface area contributed by atoms with Crippen LogP contribution < -0.4 is 20.1 Å². The lowest BCUT2D eigenvalue weighted by Gasteiger charge is -2.22. The van der Waals surface area contributed by atoms with Crippen molar-refractivity contribution in [1.82, 2.24) is 10.6 Å². The molecule has 26 heavy (non-hydrogen) atoms. The molecule has 0 saturated heterocycles. The molecule has 0 unspecified atom stereocenters. The van der Waals surface area contributed by atoms with Crippen molar-refractivity contribution in [3.63, 3.8) is 0 Å². The molecular weight excluding hydrogens is 328 g/mol. The summed E-state index contributed by atoms with van der Waals surface area (Å²) in [7, 11) is 3.28. The Hall–Kier alpha value is -2.69. The summed E-state index contributed by atoms with van der Waals surface area (Å²) in [5.74, 6) is 1.61. The number of rotatable bonds is 8. The van der Waals surface area contributed by atoms with Crippen molar-refractivity contribution in [1.29, 1.82) is 0 Å². The third-order valence-electron chi connectivity index (χ3n) is 4.46. The predicted octanol–water partition coefficient (Wildman–Crippen LogP) is 4.61. The van der Waals surface area contributed by atoms with Crippen LogP contribution in [0.2, 0.25) is 0 Å². The Balaban J connectivity index is 2.01. The molecular formula is C21H28N2O3. The molecule has 5 heteroatoms. The van der Waals surface area contributed by atoms with Crippen LogP contribution in [0.3, 0.4) is 0 Å². The predicted molar refractivity (Wildman–Crippen MR) is 104 cm³/mol. The van der Waals surface area contributed by atoms with E-state index in [9.17, 15) is 4.79 Å². The van der Waals surface area contributed by atoms with E-state index in [1.54, 1.807) is 14.2 Å². The molecule has 0 spiro atoms. The number of ether oxygens (including phenoxy) is 2. The van der Waals surface area contributed by atoms with Crippen molar-refractivity contribution in [3.8, 4) is 11.5 Å². The molecule has 0 aliphatic carbocycles. The van der Waals surface area contributed by atoms with Gasteiger partial charge >= 0.3 is 6.03 Å². The Morgan fingerprint density at radius 1 is 0.769 bits per heavy atom. The Kier molecular flexibility index (Phi) is 7.33. The van der Waals surface area contributed by atoms with Crippen LogP contribution in [0, 0.1) is 0 Å². The molecule has 0 radical (unpaired) electrons. The normalized spacial score (nSPS) is 12.8. The van der Waals surface area contributed by atoms with Gasteiger partial charge in [0, 0.05) is 0 Å². The van der Waals surface area contributed by atoms with Gasteiger partial charge in [-0.05, 0) is 48.2 Å². The number of amides is 2. The van der Waals surface area contributed by atoms with E-state index < -0.39 is 0 Å². The molecule has 0 aliphatic heterocycles. The maximum Gasteiger partial charge on any atom is 0.315 e. The number of methoxy groups -OCH3 is 2. The summed E-state index contributed by atoms with van der Waals surface area (Å²) in [6.45, 7) is 4.10. The van der Waals surface area contributed by atoms with Crippen LogP contribution in [-0.4, -0.2) is 20.3 Å². The topological polar surface area (TPSA) is 59.6 Å². The van der Waals surface area contributed by atoms with Gasteiger partial charge in [-0.15, -0.1) is 0 Å². The number of benzene rings is 2. The van der Waals surface area contributed by atoms with Crippen LogP contribution in [0.4, 0.5) is 4.79 Å². The third-order valence-corrected chi connectivity index (χ3v) is 4.46. The summed E-state index contributed by atoms with van der Waals surface area (Å²) < 4.78 is 10.4. The summed E-state index contributed by atoms with van der Waals surface area (Å²) in [5.41, 5.74) is 2.11. The van der Waals surface area contributed by atoms with E-state index in [1.165, 1.54) is 0 Å². The molecule has 0 heterocycles. The molecule has 0 bridgehead atoms. The average Bonchev–Trinajstić information content (AvgIpc) is 2.70. The van der Waals surface area contributed by atoms with E-state index >= 15 is 0 Å². The van der Waals surface area contributed by atoms with Gasteiger partial charge in [0.1, 0.15) is 11.5 Å². The van der Waals surface area contributed by atoms with Crippen LogP contribution >= 0.6 is 0 Å². The fourth-order valence-electron chi connectivity index (χ4n) is 2.87. The van der Waals surface area contributed by atoms with E-state index in [0.717, 1.165) is 35.5 Å². The second-order valence-corrected chi connectivity index (χ2v) is 6.09. The van der Waals surface area contributed by atoms with Crippen molar-refractivity contribution < 1.29 is 14.3 Å². The number of hydrogen-bond donors (Lipinski definition) is 2. The standard InChI is InChI=1S/C21H28N2O3/c1-5-19(15-7-11-17(25-3)12-8-15)22-21(24)23-20(6-2)16-9-13-18(26-4)14-10-16/h7-14,19-20H,5-6H2,1-4H3,(H2,22,23,24)/t19-,20+. The van der Waals surface area contributed by atoms with Gasteiger partial charge in [0.2, 0.25) is 0 Å². The second kappa shape index (κ2) is 9.70.